The van der Waals surface area contributed by atoms with Crippen molar-refractivity contribution in [2.45, 2.75) is 71.9 Å². The topological polar surface area (TPSA) is 0 Å². The van der Waals surface area contributed by atoms with Crippen LogP contribution in [0.1, 0.15) is 63.8 Å². The van der Waals surface area contributed by atoms with Gasteiger partial charge in [0.25, 0.3) is 0 Å². The zero-order valence-corrected chi connectivity index (χ0v) is 25.7. The molecule has 0 aromatic heterocycles. The van der Waals surface area contributed by atoms with E-state index in [1.54, 1.807) is 23.3 Å². The molecule has 3 aromatic carbocycles. The summed E-state index contributed by atoms with van der Waals surface area (Å²) in [4.78, 5) is 0. The molecule has 0 saturated heterocycles. The monoisotopic (exact) mass is 560 g/mol. The van der Waals surface area contributed by atoms with Crippen molar-refractivity contribution in [1.82, 2.24) is 0 Å². The van der Waals surface area contributed by atoms with E-state index < -0.39 is 0 Å². The molecule has 0 atom stereocenters. The Labute approximate surface area is 224 Å². The van der Waals surface area contributed by atoms with Gasteiger partial charge in [-0.2, -0.15) is 42.0 Å². The zero-order valence-electron chi connectivity index (χ0n) is 20.7. The van der Waals surface area contributed by atoms with Gasteiger partial charge in [-0.25, -0.2) is 12.1 Å². The van der Waals surface area contributed by atoms with Gasteiger partial charge in [-0.15, -0.1) is 11.1 Å². The van der Waals surface area contributed by atoms with Crippen LogP contribution >= 0.6 is 0 Å². The summed E-state index contributed by atoms with van der Waals surface area (Å²) in [6.45, 7) is 18.2. The van der Waals surface area contributed by atoms with Gasteiger partial charge in [0.05, 0.1) is 0 Å². The van der Waals surface area contributed by atoms with Crippen LogP contribution in [0.3, 0.4) is 0 Å². The first kappa shape index (κ1) is 31.5. The number of fused-ring (bicyclic) bond motifs is 3. The van der Waals surface area contributed by atoms with Crippen LogP contribution in [0.2, 0.25) is 13.1 Å². The molecule has 0 radical (unpaired) electrons. The molecule has 0 unspecified atom stereocenters. The molecule has 1 aliphatic rings. The molecule has 0 nitrogen and oxygen atoms in total. The second-order valence-electron chi connectivity index (χ2n) is 10.3. The fourth-order valence-corrected chi connectivity index (χ4v) is 3.35. The van der Waals surface area contributed by atoms with Crippen molar-refractivity contribution in [2.24, 2.45) is 0 Å². The molecule has 3 aromatic rings. The van der Waals surface area contributed by atoms with Gasteiger partial charge in [-0.3, -0.25) is 0 Å². The van der Waals surface area contributed by atoms with Crippen LogP contribution in [0, 0.1) is 6.07 Å². The average molecular weight is 563 g/mol. The standard InChI is InChI=1S/C21H25.C5H5.C2H6Si.2ClH.Zr/c1-20(2,3)16-7-9-18-14(12-16)11-15-13-17(21(4,5)6)8-10-19(15)18;1-2-4-5-3-1;1-3-2;;;/h7-10,12H,11H2,1-6H3;1-5H;1-2H3;2*1H;/q2*-1;;;;+2/p-2. The van der Waals surface area contributed by atoms with Crippen LogP contribution in [0.4, 0.5) is 0 Å². The van der Waals surface area contributed by atoms with Gasteiger partial charge in [-0.1, -0.05) is 65.3 Å². The number of hydrogen-bond acceptors (Lipinski definition) is 0. The molecule has 0 heterocycles. The van der Waals surface area contributed by atoms with Crippen molar-refractivity contribution in [3.63, 3.8) is 0 Å². The number of hydrogen-bond donors (Lipinski definition) is 0. The summed E-state index contributed by atoms with van der Waals surface area (Å²) in [5.41, 5.74) is 8.92. The summed E-state index contributed by atoms with van der Waals surface area (Å²) in [6, 6.07) is 25.2. The Morgan fingerprint density at radius 2 is 1.38 bits per heavy atom. The third kappa shape index (κ3) is 9.38. The van der Waals surface area contributed by atoms with Crippen molar-refractivity contribution < 1.29 is 48.1 Å². The molecule has 0 N–H and O–H groups in total. The molecule has 4 heteroatoms. The molecule has 0 saturated carbocycles. The van der Waals surface area contributed by atoms with Crippen LogP contribution < -0.4 is 24.8 Å². The molecular weight excluding hydrogens is 527 g/mol. The fourth-order valence-electron chi connectivity index (χ4n) is 3.35. The fraction of sp³-hybridized carbons (Fsp3) is 0.393. The number of halogens is 2. The average Bonchev–Trinajstić information content (AvgIpc) is 3.30. The Kier molecular flexibility index (Phi) is 13.2. The molecule has 0 amide bonds. The first-order chi connectivity index (χ1) is 13.9. The first-order valence-electron chi connectivity index (χ1n) is 10.8. The van der Waals surface area contributed by atoms with Gasteiger partial charge in [0.15, 0.2) is 0 Å². The summed E-state index contributed by atoms with van der Waals surface area (Å²) in [6.07, 6.45) is 1.03. The van der Waals surface area contributed by atoms with Gasteiger partial charge in [-0.05, 0) is 28.4 Å². The molecule has 32 heavy (non-hydrogen) atoms. The minimum absolute atomic E-state index is 0. The van der Waals surface area contributed by atoms with Crippen LogP contribution in [-0.2, 0) is 40.6 Å². The molecule has 0 aliphatic heterocycles. The largest absolute Gasteiger partial charge is 1.00 e. The van der Waals surface area contributed by atoms with Gasteiger partial charge in [0.1, 0.15) is 0 Å². The van der Waals surface area contributed by atoms with E-state index in [-0.39, 0.29) is 41.1 Å². The second kappa shape index (κ2) is 13.4. The maximum Gasteiger partial charge on any atom is -0.172 e. The normalized spacial score (nSPS) is 11.3. The van der Waals surface area contributed by atoms with Gasteiger partial charge >= 0.3 is 41.9 Å². The van der Waals surface area contributed by atoms with Gasteiger partial charge in [0.2, 0.25) is 0 Å². The maximum absolute atomic E-state index is 3.67. The quantitative estimate of drug-likeness (QED) is 0.227. The van der Waals surface area contributed by atoms with Crippen molar-refractivity contribution >= 4 is 5.43 Å². The smallest absolute Gasteiger partial charge is 0.172 e. The first-order valence-corrected chi connectivity index (χ1v) is 17.0. The predicted octanol–water partition coefficient (Wildman–Crippen LogP) is 1.85. The molecular formula is C28H36Cl2SiZr-2. The van der Waals surface area contributed by atoms with E-state index in [1.165, 1.54) is 33.4 Å². The van der Waals surface area contributed by atoms with Crippen molar-refractivity contribution in [2.75, 3.05) is 0 Å². The molecule has 4 rings (SSSR count). The van der Waals surface area contributed by atoms with E-state index in [0.717, 1.165) is 6.42 Å². The van der Waals surface area contributed by atoms with E-state index >= 15 is 0 Å². The van der Waals surface area contributed by atoms with Gasteiger partial charge in [0, 0.05) is 0 Å². The summed E-state index contributed by atoms with van der Waals surface area (Å²) in [5, 5.41) is 0. The van der Waals surface area contributed by atoms with Gasteiger partial charge < -0.3 is 24.8 Å². The summed E-state index contributed by atoms with van der Waals surface area (Å²) < 4.78 is 0. The maximum atomic E-state index is 3.67. The third-order valence-corrected chi connectivity index (χ3v) is 5.02. The second-order valence-corrected chi connectivity index (χ2v) is 19.6. The summed E-state index contributed by atoms with van der Waals surface area (Å²) in [5.74, 6) is 0. The predicted molar refractivity (Wildman–Crippen MR) is 130 cm³/mol. The zero-order chi connectivity index (χ0) is 22.5. The third-order valence-electron chi connectivity index (χ3n) is 5.02. The summed E-state index contributed by atoms with van der Waals surface area (Å²) in [7, 11) is 0. The Morgan fingerprint density at radius 1 is 0.844 bits per heavy atom. The minimum atomic E-state index is 0. The van der Waals surface area contributed by atoms with Crippen LogP contribution in [0.15, 0.2) is 60.7 Å². The van der Waals surface area contributed by atoms with E-state index in [0.29, 0.717) is 0 Å². The summed E-state index contributed by atoms with van der Waals surface area (Å²) >= 11 is 1.74. The van der Waals surface area contributed by atoms with E-state index in [1.807, 2.05) is 30.3 Å². The van der Waals surface area contributed by atoms with E-state index in [4.69, 9.17) is 0 Å². The number of rotatable bonds is 0. The van der Waals surface area contributed by atoms with E-state index in [9.17, 15) is 0 Å². The number of benzene rings is 2. The van der Waals surface area contributed by atoms with Crippen LogP contribution in [-0.4, -0.2) is 5.43 Å². The van der Waals surface area contributed by atoms with Crippen molar-refractivity contribution in [3.8, 4) is 11.1 Å². The van der Waals surface area contributed by atoms with Crippen molar-refractivity contribution in [1.29, 1.82) is 0 Å². The van der Waals surface area contributed by atoms with Crippen LogP contribution in [0.5, 0.6) is 0 Å². The SMILES string of the molecule is CC(C)(C)c1[c-]c2c(cc1)-c1ccc(C(C)(C)C)cc1C2.C[Si](C)=[Zr+2].[Cl-].[Cl-].c1cc[cH-]c1. The molecule has 1 aliphatic carbocycles. The molecule has 172 valence electrons. The molecule has 0 bridgehead atoms. The van der Waals surface area contributed by atoms with Crippen molar-refractivity contribution in [3.05, 3.63) is 89.0 Å². The Balaban J connectivity index is 0.000000739. The minimum Gasteiger partial charge on any atom is -1.00 e. The Hall–Kier alpha value is -0.530. The Morgan fingerprint density at radius 3 is 1.81 bits per heavy atom. The Bertz CT molecular complexity index is 895. The molecule has 0 fully saturated rings. The van der Waals surface area contributed by atoms with E-state index in [2.05, 4.69) is 91.0 Å². The van der Waals surface area contributed by atoms with Crippen LogP contribution in [0.25, 0.3) is 11.1 Å². The molecule has 0 spiro atoms.